The number of halogens is 3. The van der Waals surface area contributed by atoms with Crippen LogP contribution in [-0.2, 0) is 19.0 Å². The van der Waals surface area contributed by atoms with E-state index in [9.17, 15) is 9.59 Å². The number of hydrogen-bond acceptors (Lipinski definition) is 5. The van der Waals surface area contributed by atoms with Gasteiger partial charge in [0.05, 0.1) is 13.2 Å². The smallest absolute Gasteiger partial charge is 0.407 e. The zero-order valence-electron chi connectivity index (χ0n) is 18.9. The fraction of sp³-hybridized carbons (Fsp3) is 0.360. The summed E-state index contributed by atoms with van der Waals surface area (Å²) in [5.41, 5.74) is 5.46. The summed E-state index contributed by atoms with van der Waals surface area (Å²) in [6, 6.07) is 14.9. The van der Waals surface area contributed by atoms with Crippen LogP contribution in [0, 0.1) is 0 Å². The lowest BCUT2D eigenvalue weighted by Crippen LogP contribution is -2.46. The van der Waals surface area contributed by atoms with Crippen molar-refractivity contribution in [3.63, 3.8) is 0 Å². The summed E-state index contributed by atoms with van der Waals surface area (Å²) in [7, 11) is 0. The van der Waals surface area contributed by atoms with Crippen LogP contribution in [-0.4, -0.2) is 48.3 Å². The zero-order valence-corrected chi connectivity index (χ0v) is 21.1. The molecule has 0 radical (unpaired) electrons. The predicted octanol–water partition coefficient (Wildman–Crippen LogP) is 5.79. The summed E-state index contributed by atoms with van der Waals surface area (Å²) in [5, 5.41) is 2.50. The molecule has 1 atom stereocenters. The number of rotatable bonds is 9. The van der Waals surface area contributed by atoms with Gasteiger partial charge in [0.15, 0.2) is 6.04 Å². The van der Waals surface area contributed by atoms with Gasteiger partial charge in [0.1, 0.15) is 13.2 Å². The van der Waals surface area contributed by atoms with Crippen molar-refractivity contribution in [2.45, 2.75) is 29.6 Å². The fourth-order valence-corrected chi connectivity index (χ4v) is 3.78. The fourth-order valence-electron chi connectivity index (χ4n) is 3.62. The van der Waals surface area contributed by atoms with Crippen LogP contribution in [0.3, 0.4) is 0 Å². The van der Waals surface area contributed by atoms with Gasteiger partial charge in [0.2, 0.25) is 3.79 Å². The molecule has 2 aromatic rings. The van der Waals surface area contributed by atoms with E-state index in [1.54, 1.807) is 0 Å². The molecular weight excluding hydrogens is 501 g/mol. The standard InChI is InChI=1S/C25H26Cl3NO5/c1-16(2)11-12-32-14-22(23(30)34-15-25(26,27)28)29-24(31)33-13-21-19-9-5-3-7-17(19)18-8-4-6-10-20(18)21/h3-11,21-22H,12-15H2,1-2H3,(H,29,31)/t22-/m0/s1. The van der Waals surface area contributed by atoms with E-state index >= 15 is 0 Å². The largest absolute Gasteiger partial charge is 0.460 e. The topological polar surface area (TPSA) is 73.9 Å². The molecule has 0 aliphatic heterocycles. The minimum Gasteiger partial charge on any atom is -0.460 e. The molecule has 1 N–H and O–H groups in total. The number of carbonyl (C=O) groups excluding carboxylic acids is 2. The molecule has 0 unspecified atom stereocenters. The third-order valence-electron chi connectivity index (χ3n) is 5.19. The molecule has 0 fully saturated rings. The van der Waals surface area contributed by atoms with Crippen molar-refractivity contribution >= 4 is 46.9 Å². The molecule has 182 valence electrons. The van der Waals surface area contributed by atoms with Crippen molar-refractivity contribution in [1.29, 1.82) is 0 Å². The molecule has 1 aliphatic rings. The molecule has 0 saturated carbocycles. The van der Waals surface area contributed by atoms with Crippen molar-refractivity contribution in [3.05, 3.63) is 71.3 Å². The van der Waals surface area contributed by atoms with Crippen molar-refractivity contribution in [3.8, 4) is 11.1 Å². The molecule has 2 aromatic carbocycles. The molecule has 0 bridgehead atoms. The number of amides is 1. The zero-order chi connectivity index (χ0) is 24.7. The molecule has 1 amide bonds. The summed E-state index contributed by atoms with van der Waals surface area (Å²) in [6.45, 7) is 3.62. The van der Waals surface area contributed by atoms with Gasteiger partial charge in [-0.3, -0.25) is 0 Å². The molecule has 0 heterocycles. The molecule has 9 heteroatoms. The van der Waals surface area contributed by atoms with E-state index in [1.165, 1.54) is 0 Å². The number of nitrogens with one attached hydrogen (secondary N) is 1. The van der Waals surface area contributed by atoms with Crippen molar-refractivity contribution < 1.29 is 23.8 Å². The van der Waals surface area contributed by atoms with Crippen LogP contribution >= 0.6 is 34.8 Å². The summed E-state index contributed by atoms with van der Waals surface area (Å²) in [5.74, 6) is -0.904. The Morgan fingerprint density at radius 2 is 1.59 bits per heavy atom. The van der Waals surface area contributed by atoms with Crippen LogP contribution in [0.25, 0.3) is 11.1 Å². The SMILES string of the molecule is CC(C)=CCOC[C@H](NC(=O)OCC1c2ccccc2-c2ccccc21)C(=O)OCC(Cl)(Cl)Cl. The van der Waals surface area contributed by atoms with Gasteiger partial charge < -0.3 is 19.5 Å². The second-order valence-electron chi connectivity index (χ2n) is 8.06. The van der Waals surface area contributed by atoms with Crippen LogP contribution in [0.4, 0.5) is 4.79 Å². The van der Waals surface area contributed by atoms with Crippen LogP contribution in [0.2, 0.25) is 0 Å². The Morgan fingerprint density at radius 1 is 1.00 bits per heavy atom. The number of carbonyl (C=O) groups is 2. The second kappa shape index (κ2) is 11.9. The van der Waals surface area contributed by atoms with E-state index in [4.69, 9.17) is 49.0 Å². The van der Waals surface area contributed by atoms with Crippen molar-refractivity contribution in [2.24, 2.45) is 0 Å². The highest BCUT2D eigenvalue weighted by molar-refractivity contribution is 6.67. The van der Waals surface area contributed by atoms with Gasteiger partial charge in [-0.25, -0.2) is 9.59 Å². The Kier molecular flexibility index (Phi) is 9.25. The third-order valence-corrected chi connectivity index (χ3v) is 5.52. The maximum atomic E-state index is 12.6. The predicted molar refractivity (Wildman–Crippen MR) is 133 cm³/mol. The maximum Gasteiger partial charge on any atom is 0.407 e. The molecular formula is C25H26Cl3NO5. The Labute approximate surface area is 214 Å². The summed E-state index contributed by atoms with van der Waals surface area (Å²) in [4.78, 5) is 25.1. The number of fused-ring (bicyclic) bond motifs is 3. The minimum atomic E-state index is -1.77. The van der Waals surface area contributed by atoms with E-state index in [-0.39, 0.29) is 25.7 Å². The van der Waals surface area contributed by atoms with Gasteiger partial charge in [-0.2, -0.15) is 0 Å². The Bertz CT molecular complexity index is 1000. The Balaban J connectivity index is 1.63. The first-order valence-corrected chi connectivity index (χ1v) is 11.8. The van der Waals surface area contributed by atoms with Gasteiger partial charge in [0.25, 0.3) is 0 Å². The number of esters is 1. The second-order valence-corrected chi connectivity index (χ2v) is 10.6. The monoisotopic (exact) mass is 525 g/mol. The lowest BCUT2D eigenvalue weighted by Gasteiger charge is -2.20. The quantitative estimate of drug-likeness (QED) is 0.194. The normalized spacial score (nSPS) is 13.4. The lowest BCUT2D eigenvalue weighted by atomic mass is 9.98. The highest BCUT2D eigenvalue weighted by Gasteiger charge is 2.31. The number of alkyl carbamates (subject to hydrolysis) is 1. The number of hydrogen-bond donors (Lipinski definition) is 1. The third kappa shape index (κ3) is 7.37. The van der Waals surface area contributed by atoms with E-state index in [2.05, 4.69) is 17.4 Å². The summed E-state index contributed by atoms with van der Waals surface area (Å²) >= 11 is 17.0. The Hall–Kier alpha value is -2.25. The average molecular weight is 527 g/mol. The molecule has 3 rings (SSSR count). The lowest BCUT2D eigenvalue weighted by molar-refractivity contribution is -0.147. The first-order chi connectivity index (χ1) is 16.2. The first kappa shape index (κ1) is 26.4. The van der Waals surface area contributed by atoms with Gasteiger partial charge >= 0.3 is 12.1 Å². The van der Waals surface area contributed by atoms with Crippen LogP contribution in [0.15, 0.2) is 60.2 Å². The van der Waals surface area contributed by atoms with Gasteiger partial charge in [-0.15, -0.1) is 0 Å². The number of benzene rings is 2. The van der Waals surface area contributed by atoms with E-state index in [0.29, 0.717) is 0 Å². The van der Waals surface area contributed by atoms with Crippen molar-refractivity contribution in [1.82, 2.24) is 5.32 Å². The molecule has 0 saturated heterocycles. The van der Waals surface area contributed by atoms with Crippen molar-refractivity contribution in [2.75, 3.05) is 26.4 Å². The molecule has 6 nitrogen and oxygen atoms in total. The van der Waals surface area contributed by atoms with E-state index in [0.717, 1.165) is 27.8 Å². The molecule has 0 aromatic heterocycles. The first-order valence-electron chi connectivity index (χ1n) is 10.7. The number of allylic oxidation sites excluding steroid dienone is 1. The maximum absolute atomic E-state index is 12.6. The van der Waals surface area contributed by atoms with Crippen LogP contribution in [0.5, 0.6) is 0 Å². The number of alkyl halides is 3. The highest BCUT2D eigenvalue weighted by Crippen LogP contribution is 2.44. The number of ether oxygens (including phenoxy) is 3. The van der Waals surface area contributed by atoms with Gasteiger partial charge in [0, 0.05) is 5.92 Å². The summed E-state index contributed by atoms with van der Waals surface area (Å²) < 4.78 is 14.2. The Morgan fingerprint density at radius 3 is 2.15 bits per heavy atom. The minimum absolute atomic E-state index is 0.106. The average Bonchev–Trinajstić information content (AvgIpc) is 3.11. The summed E-state index contributed by atoms with van der Waals surface area (Å²) in [6.07, 6.45) is 1.07. The van der Waals surface area contributed by atoms with Gasteiger partial charge in [-0.05, 0) is 36.1 Å². The van der Waals surface area contributed by atoms with Crippen LogP contribution in [0.1, 0.15) is 30.9 Å². The van der Waals surface area contributed by atoms with E-state index in [1.807, 2.05) is 56.3 Å². The van der Waals surface area contributed by atoms with Crippen LogP contribution < -0.4 is 5.32 Å². The van der Waals surface area contributed by atoms with Gasteiger partial charge in [-0.1, -0.05) is 95.0 Å². The van der Waals surface area contributed by atoms with E-state index < -0.39 is 28.5 Å². The highest BCUT2D eigenvalue weighted by atomic mass is 35.6. The molecule has 34 heavy (non-hydrogen) atoms. The molecule has 1 aliphatic carbocycles. The molecule has 0 spiro atoms.